The number of anilines is 1. The highest BCUT2D eigenvalue weighted by atomic mass is 35.5. The molecule has 1 N–H and O–H groups in total. The topological polar surface area (TPSA) is 96.0 Å². The zero-order valence-electron chi connectivity index (χ0n) is 22.8. The smallest absolute Gasteiger partial charge is 0.264 e. The Bertz CT molecular complexity index is 1430. The molecule has 3 aromatic carbocycles. The van der Waals surface area contributed by atoms with Gasteiger partial charge in [-0.1, -0.05) is 53.5 Å². The summed E-state index contributed by atoms with van der Waals surface area (Å²) in [5.74, 6) is -0.689. The van der Waals surface area contributed by atoms with Crippen LogP contribution < -0.4 is 14.4 Å². The standard InChI is InChI=1S/C29H33Cl2N3O5S/c1-5-39-27-13-9-8-12-26(27)34(40(37,38)24-16-14-23(30)15-17-24)19-28(35)33(21(4)29(36)32-20(2)3)18-22-10-6-7-11-25(22)31/h6-17,20-21H,5,18-19H2,1-4H3,(H,32,36)/t21-/m0/s1. The minimum Gasteiger partial charge on any atom is -0.492 e. The Morgan fingerprint density at radius 3 is 2.17 bits per heavy atom. The number of carbonyl (C=O) groups is 2. The largest absolute Gasteiger partial charge is 0.492 e. The number of halogens is 2. The van der Waals surface area contributed by atoms with Gasteiger partial charge in [-0.15, -0.1) is 0 Å². The average molecular weight is 607 g/mol. The van der Waals surface area contributed by atoms with Crippen LogP contribution in [0.4, 0.5) is 5.69 Å². The van der Waals surface area contributed by atoms with Gasteiger partial charge in [0.15, 0.2) is 0 Å². The first-order valence-electron chi connectivity index (χ1n) is 12.8. The Kier molecular flexibility index (Phi) is 10.8. The summed E-state index contributed by atoms with van der Waals surface area (Å²) in [6, 6.07) is 18.1. The first kappa shape index (κ1) is 31.3. The van der Waals surface area contributed by atoms with Crippen molar-refractivity contribution in [2.75, 3.05) is 17.5 Å². The fraction of sp³-hybridized carbons (Fsp3) is 0.310. The summed E-state index contributed by atoms with van der Waals surface area (Å²) in [4.78, 5) is 28.3. The number of para-hydroxylation sites is 2. The van der Waals surface area contributed by atoms with Gasteiger partial charge in [0, 0.05) is 22.6 Å². The molecule has 0 aliphatic rings. The monoisotopic (exact) mass is 605 g/mol. The molecule has 0 saturated heterocycles. The fourth-order valence-electron chi connectivity index (χ4n) is 3.99. The van der Waals surface area contributed by atoms with Gasteiger partial charge in [-0.05, 0) is 75.7 Å². The van der Waals surface area contributed by atoms with Gasteiger partial charge in [-0.3, -0.25) is 13.9 Å². The molecular formula is C29H33Cl2N3O5S. The molecule has 8 nitrogen and oxygen atoms in total. The maximum absolute atomic E-state index is 14.0. The summed E-state index contributed by atoms with van der Waals surface area (Å²) >= 11 is 12.4. The molecular weight excluding hydrogens is 573 g/mol. The van der Waals surface area contributed by atoms with Crippen molar-refractivity contribution in [1.29, 1.82) is 0 Å². The van der Waals surface area contributed by atoms with Crippen molar-refractivity contribution in [3.8, 4) is 5.75 Å². The molecule has 0 fully saturated rings. The molecule has 11 heteroatoms. The van der Waals surface area contributed by atoms with Crippen molar-refractivity contribution >= 4 is 50.7 Å². The van der Waals surface area contributed by atoms with E-state index >= 15 is 0 Å². The van der Waals surface area contributed by atoms with Gasteiger partial charge in [-0.2, -0.15) is 0 Å². The van der Waals surface area contributed by atoms with E-state index in [2.05, 4.69) is 5.32 Å². The van der Waals surface area contributed by atoms with Gasteiger partial charge < -0.3 is 15.0 Å². The van der Waals surface area contributed by atoms with E-state index in [1.54, 1.807) is 62.4 Å². The predicted molar refractivity (Wildman–Crippen MR) is 158 cm³/mol. The third-order valence-electron chi connectivity index (χ3n) is 6.01. The first-order valence-corrected chi connectivity index (χ1v) is 15.0. The Morgan fingerprint density at radius 2 is 1.55 bits per heavy atom. The van der Waals surface area contributed by atoms with Crippen LogP contribution in [0.15, 0.2) is 77.7 Å². The Balaban J connectivity index is 2.09. The van der Waals surface area contributed by atoms with Crippen LogP contribution in [0, 0.1) is 0 Å². The van der Waals surface area contributed by atoms with Crippen LogP contribution >= 0.6 is 23.2 Å². The summed E-state index contributed by atoms with van der Waals surface area (Å²) in [5.41, 5.74) is 0.799. The lowest BCUT2D eigenvalue weighted by molar-refractivity contribution is -0.139. The van der Waals surface area contributed by atoms with E-state index in [-0.39, 0.29) is 35.7 Å². The third kappa shape index (κ3) is 7.68. The summed E-state index contributed by atoms with van der Waals surface area (Å²) < 4.78 is 34.7. The molecule has 0 aliphatic carbocycles. The highest BCUT2D eigenvalue weighted by Gasteiger charge is 2.34. The zero-order valence-corrected chi connectivity index (χ0v) is 25.1. The third-order valence-corrected chi connectivity index (χ3v) is 8.41. The summed E-state index contributed by atoms with van der Waals surface area (Å²) in [6.07, 6.45) is 0. The fourth-order valence-corrected chi connectivity index (χ4v) is 5.73. The SMILES string of the molecule is CCOc1ccccc1N(CC(=O)N(Cc1ccccc1Cl)[C@@H](C)C(=O)NC(C)C)S(=O)(=O)c1ccc(Cl)cc1. The maximum Gasteiger partial charge on any atom is 0.264 e. The van der Waals surface area contributed by atoms with Crippen LogP contribution in [-0.4, -0.2) is 50.4 Å². The molecule has 214 valence electrons. The van der Waals surface area contributed by atoms with Crippen LogP contribution in [0.25, 0.3) is 0 Å². The van der Waals surface area contributed by atoms with Crippen LogP contribution in [0.1, 0.15) is 33.3 Å². The van der Waals surface area contributed by atoms with Crippen LogP contribution in [-0.2, 0) is 26.2 Å². The molecule has 0 aromatic heterocycles. The van der Waals surface area contributed by atoms with E-state index in [9.17, 15) is 18.0 Å². The first-order chi connectivity index (χ1) is 18.9. The highest BCUT2D eigenvalue weighted by molar-refractivity contribution is 7.92. The normalized spacial score (nSPS) is 12.1. The van der Waals surface area contributed by atoms with E-state index in [0.29, 0.717) is 21.4 Å². The van der Waals surface area contributed by atoms with E-state index in [1.807, 2.05) is 13.8 Å². The van der Waals surface area contributed by atoms with Crippen molar-refractivity contribution in [1.82, 2.24) is 10.2 Å². The van der Waals surface area contributed by atoms with Crippen molar-refractivity contribution in [3.05, 3.63) is 88.4 Å². The Labute approximate surface area is 245 Å². The lowest BCUT2D eigenvalue weighted by Gasteiger charge is -2.33. The molecule has 3 aromatic rings. The molecule has 0 radical (unpaired) electrons. The number of hydrogen-bond donors (Lipinski definition) is 1. The number of nitrogens with one attached hydrogen (secondary N) is 1. The van der Waals surface area contributed by atoms with E-state index in [1.165, 1.54) is 29.2 Å². The van der Waals surface area contributed by atoms with Gasteiger partial charge in [0.2, 0.25) is 11.8 Å². The summed E-state index contributed by atoms with van der Waals surface area (Å²) in [6.45, 7) is 6.68. The molecule has 0 spiro atoms. The van der Waals surface area contributed by atoms with Crippen LogP contribution in [0.3, 0.4) is 0 Å². The Hall–Kier alpha value is -3.27. The van der Waals surface area contributed by atoms with Crippen molar-refractivity contribution in [2.24, 2.45) is 0 Å². The quantitative estimate of drug-likeness (QED) is 0.293. The van der Waals surface area contributed by atoms with Crippen molar-refractivity contribution < 1.29 is 22.7 Å². The molecule has 0 aliphatic heterocycles. The molecule has 0 bridgehead atoms. The molecule has 3 rings (SSSR count). The average Bonchev–Trinajstić information content (AvgIpc) is 2.91. The Morgan fingerprint density at radius 1 is 0.925 bits per heavy atom. The van der Waals surface area contributed by atoms with E-state index < -0.39 is 28.5 Å². The number of hydrogen-bond acceptors (Lipinski definition) is 5. The van der Waals surface area contributed by atoms with E-state index in [0.717, 1.165) is 4.31 Å². The van der Waals surface area contributed by atoms with Gasteiger partial charge >= 0.3 is 0 Å². The molecule has 0 heterocycles. The molecule has 1 atom stereocenters. The second-order valence-corrected chi connectivity index (χ2v) is 12.0. The van der Waals surface area contributed by atoms with Gasteiger partial charge in [0.1, 0.15) is 18.3 Å². The second kappa shape index (κ2) is 13.9. The number of amides is 2. The number of carbonyl (C=O) groups excluding carboxylic acids is 2. The van der Waals surface area contributed by atoms with Crippen LogP contribution in [0.5, 0.6) is 5.75 Å². The minimum atomic E-state index is -4.27. The van der Waals surface area contributed by atoms with Crippen molar-refractivity contribution in [3.63, 3.8) is 0 Å². The predicted octanol–water partition coefficient (Wildman–Crippen LogP) is 5.53. The zero-order chi connectivity index (χ0) is 29.4. The molecule has 0 saturated carbocycles. The second-order valence-electron chi connectivity index (χ2n) is 9.32. The minimum absolute atomic E-state index is 0.00682. The lowest BCUT2D eigenvalue weighted by Crippen LogP contribution is -2.52. The number of benzene rings is 3. The van der Waals surface area contributed by atoms with Crippen molar-refractivity contribution in [2.45, 2.75) is 51.2 Å². The molecule has 40 heavy (non-hydrogen) atoms. The highest BCUT2D eigenvalue weighted by Crippen LogP contribution is 2.33. The number of sulfonamides is 1. The van der Waals surface area contributed by atoms with Gasteiger partial charge in [0.25, 0.3) is 10.0 Å². The number of ether oxygens (including phenoxy) is 1. The number of nitrogens with zero attached hydrogens (tertiary/aromatic N) is 2. The van der Waals surface area contributed by atoms with Crippen LogP contribution in [0.2, 0.25) is 10.0 Å². The maximum atomic E-state index is 14.0. The summed E-state index contributed by atoms with van der Waals surface area (Å²) in [7, 11) is -4.27. The lowest BCUT2D eigenvalue weighted by atomic mass is 10.1. The molecule has 2 amide bonds. The van der Waals surface area contributed by atoms with Gasteiger partial charge in [-0.25, -0.2) is 8.42 Å². The molecule has 0 unspecified atom stereocenters. The number of rotatable bonds is 12. The van der Waals surface area contributed by atoms with E-state index in [4.69, 9.17) is 27.9 Å². The summed E-state index contributed by atoms with van der Waals surface area (Å²) in [5, 5.41) is 3.61. The van der Waals surface area contributed by atoms with Gasteiger partial charge in [0.05, 0.1) is 17.2 Å².